The van der Waals surface area contributed by atoms with Crippen LogP contribution in [0.5, 0.6) is 5.75 Å². The molecule has 0 spiro atoms. The lowest BCUT2D eigenvalue weighted by Crippen LogP contribution is -2.34. The number of nitriles is 1. The first-order chi connectivity index (χ1) is 16.6. The van der Waals surface area contributed by atoms with E-state index in [1.54, 1.807) is 4.68 Å². The quantitative estimate of drug-likeness (QED) is 0.430. The van der Waals surface area contributed by atoms with E-state index < -0.39 is 0 Å². The molecular weight excluding hydrogens is 426 g/mol. The van der Waals surface area contributed by atoms with E-state index in [1.165, 1.54) is 0 Å². The normalized spacial score (nSPS) is 14.3. The zero-order valence-corrected chi connectivity index (χ0v) is 19.5. The van der Waals surface area contributed by atoms with Gasteiger partial charge in [-0.15, -0.1) is 5.10 Å². The Bertz CT molecular complexity index is 1330. The van der Waals surface area contributed by atoms with Crippen LogP contribution in [-0.2, 0) is 7.05 Å². The van der Waals surface area contributed by atoms with Crippen molar-refractivity contribution in [2.24, 2.45) is 13.0 Å². The minimum atomic E-state index is 0.285. The number of aromatic nitrogens is 5. The van der Waals surface area contributed by atoms with Crippen LogP contribution < -0.4 is 9.64 Å². The molecule has 0 N–H and O–H groups in total. The van der Waals surface area contributed by atoms with E-state index in [0.29, 0.717) is 18.0 Å². The van der Waals surface area contributed by atoms with E-state index in [4.69, 9.17) is 4.74 Å². The van der Waals surface area contributed by atoms with Crippen LogP contribution in [0.15, 0.2) is 48.7 Å². The summed E-state index contributed by atoms with van der Waals surface area (Å²) in [5.41, 5.74) is 4.30. The lowest BCUT2D eigenvalue weighted by molar-refractivity contribution is 0.257. The minimum absolute atomic E-state index is 0.285. The van der Waals surface area contributed by atoms with Crippen LogP contribution in [0.1, 0.15) is 30.5 Å². The second-order valence-corrected chi connectivity index (χ2v) is 8.78. The number of hydrogen-bond acceptors (Lipinski definition) is 7. The Morgan fingerprint density at radius 2 is 2.00 bits per heavy atom. The first kappa shape index (κ1) is 21.8. The Morgan fingerprint density at radius 3 is 2.74 bits per heavy atom. The van der Waals surface area contributed by atoms with Gasteiger partial charge < -0.3 is 9.64 Å². The Labute approximate surface area is 198 Å². The smallest absolute Gasteiger partial charge is 0.170 e. The standard InChI is InChI=1S/C26H27N7O/c1-18-15-20(21-16-23-26(22(17-27)29-21)30-31-32(23)2)6-7-24(18)34-14-10-19-8-12-33(13-9-19)25-5-3-4-11-28-25/h3-7,11,15-16,19H,8-10,12-14H2,1-2H3. The van der Waals surface area contributed by atoms with Crippen molar-refractivity contribution in [2.45, 2.75) is 26.2 Å². The van der Waals surface area contributed by atoms with E-state index >= 15 is 0 Å². The molecule has 172 valence electrons. The van der Waals surface area contributed by atoms with Gasteiger partial charge in [0.2, 0.25) is 0 Å². The van der Waals surface area contributed by atoms with E-state index in [2.05, 4.69) is 43.4 Å². The van der Waals surface area contributed by atoms with Crippen molar-refractivity contribution >= 4 is 16.9 Å². The number of ether oxygens (including phenoxy) is 1. The highest BCUT2D eigenvalue weighted by atomic mass is 16.5. The number of fused-ring (bicyclic) bond motifs is 1. The summed E-state index contributed by atoms with van der Waals surface area (Å²) in [6, 6.07) is 16.2. The van der Waals surface area contributed by atoms with Crippen LogP contribution in [0.3, 0.4) is 0 Å². The molecule has 1 aromatic carbocycles. The van der Waals surface area contributed by atoms with Crippen LogP contribution in [0.2, 0.25) is 0 Å². The van der Waals surface area contributed by atoms with Crippen molar-refractivity contribution in [1.82, 2.24) is 25.0 Å². The molecule has 1 aliphatic heterocycles. The van der Waals surface area contributed by atoms with Gasteiger partial charge in [-0.1, -0.05) is 11.3 Å². The zero-order valence-electron chi connectivity index (χ0n) is 19.5. The third kappa shape index (κ3) is 4.42. The first-order valence-electron chi connectivity index (χ1n) is 11.6. The van der Waals surface area contributed by atoms with Gasteiger partial charge in [0.25, 0.3) is 0 Å². The van der Waals surface area contributed by atoms with Gasteiger partial charge in [-0.25, -0.2) is 14.6 Å². The Morgan fingerprint density at radius 1 is 1.15 bits per heavy atom. The average molecular weight is 454 g/mol. The largest absolute Gasteiger partial charge is 0.493 e. The highest BCUT2D eigenvalue weighted by Crippen LogP contribution is 2.29. The fourth-order valence-electron chi connectivity index (χ4n) is 4.55. The molecule has 3 aromatic heterocycles. The number of nitrogens with zero attached hydrogens (tertiary/aromatic N) is 7. The van der Waals surface area contributed by atoms with Crippen LogP contribution >= 0.6 is 0 Å². The van der Waals surface area contributed by atoms with Crippen LogP contribution in [-0.4, -0.2) is 44.7 Å². The second kappa shape index (κ2) is 9.48. The highest BCUT2D eigenvalue weighted by Gasteiger charge is 2.20. The topological polar surface area (TPSA) is 92.8 Å². The molecular formula is C26H27N7O. The van der Waals surface area contributed by atoms with Crippen LogP contribution in [0.25, 0.3) is 22.3 Å². The number of hydrogen-bond donors (Lipinski definition) is 0. The molecule has 1 saturated heterocycles. The summed E-state index contributed by atoms with van der Waals surface area (Å²) < 4.78 is 7.80. The predicted octanol–water partition coefficient (Wildman–Crippen LogP) is 4.29. The molecule has 0 unspecified atom stereocenters. The van der Waals surface area contributed by atoms with Crippen molar-refractivity contribution in [1.29, 1.82) is 5.26 Å². The Hall–Kier alpha value is -3.99. The van der Waals surface area contributed by atoms with Crippen LogP contribution in [0, 0.1) is 24.2 Å². The Balaban J connectivity index is 1.20. The van der Waals surface area contributed by atoms with Crippen molar-refractivity contribution in [3.05, 3.63) is 59.9 Å². The third-order valence-corrected chi connectivity index (χ3v) is 6.55. The number of aryl methyl sites for hydroxylation is 2. The summed E-state index contributed by atoms with van der Waals surface area (Å²) >= 11 is 0. The van der Waals surface area contributed by atoms with Gasteiger partial charge in [0.15, 0.2) is 5.69 Å². The summed E-state index contributed by atoms with van der Waals surface area (Å²) in [6.45, 7) is 4.84. The molecule has 0 aliphatic carbocycles. The van der Waals surface area contributed by atoms with Gasteiger partial charge in [-0.05, 0) is 74.1 Å². The molecule has 0 atom stereocenters. The maximum absolute atomic E-state index is 9.48. The van der Waals surface area contributed by atoms with Gasteiger partial charge in [-0.3, -0.25) is 0 Å². The lowest BCUT2D eigenvalue weighted by atomic mass is 9.94. The minimum Gasteiger partial charge on any atom is -0.493 e. The van der Waals surface area contributed by atoms with Gasteiger partial charge in [0.05, 0.1) is 17.8 Å². The number of anilines is 1. The predicted molar refractivity (Wildman–Crippen MR) is 130 cm³/mol. The summed E-state index contributed by atoms with van der Waals surface area (Å²) in [4.78, 5) is 11.3. The molecule has 0 amide bonds. The molecule has 4 heterocycles. The monoisotopic (exact) mass is 453 g/mol. The molecule has 34 heavy (non-hydrogen) atoms. The molecule has 0 saturated carbocycles. The molecule has 1 aliphatic rings. The fourth-order valence-corrected chi connectivity index (χ4v) is 4.55. The fraction of sp³-hybridized carbons (Fsp3) is 0.346. The maximum Gasteiger partial charge on any atom is 0.170 e. The molecule has 1 fully saturated rings. The maximum atomic E-state index is 9.48. The van der Waals surface area contributed by atoms with Crippen LogP contribution in [0.4, 0.5) is 5.82 Å². The molecule has 4 aromatic rings. The molecule has 8 heteroatoms. The summed E-state index contributed by atoms with van der Waals surface area (Å²) in [6.07, 6.45) is 5.23. The zero-order chi connectivity index (χ0) is 23.5. The van der Waals surface area contributed by atoms with Crippen molar-refractivity contribution in [3.63, 3.8) is 0 Å². The van der Waals surface area contributed by atoms with Gasteiger partial charge in [-0.2, -0.15) is 5.26 Å². The number of pyridine rings is 2. The van der Waals surface area contributed by atoms with E-state index in [9.17, 15) is 5.26 Å². The van der Waals surface area contributed by atoms with Gasteiger partial charge >= 0.3 is 0 Å². The number of benzene rings is 1. The second-order valence-electron chi connectivity index (χ2n) is 8.78. The molecule has 5 rings (SSSR count). The lowest BCUT2D eigenvalue weighted by Gasteiger charge is -2.32. The van der Waals surface area contributed by atoms with Crippen molar-refractivity contribution in [3.8, 4) is 23.1 Å². The highest BCUT2D eigenvalue weighted by molar-refractivity contribution is 5.83. The van der Waals surface area contributed by atoms with Gasteiger partial charge in [0.1, 0.15) is 23.2 Å². The SMILES string of the molecule is Cc1cc(-c2cc3c(nnn3C)c(C#N)n2)ccc1OCCC1CCN(c2ccccn2)CC1. The molecule has 0 radical (unpaired) electrons. The summed E-state index contributed by atoms with van der Waals surface area (Å²) in [7, 11) is 1.81. The average Bonchev–Trinajstić information content (AvgIpc) is 3.26. The number of piperidine rings is 1. The first-order valence-corrected chi connectivity index (χ1v) is 11.6. The van der Waals surface area contributed by atoms with E-state index in [-0.39, 0.29) is 5.69 Å². The number of rotatable bonds is 6. The van der Waals surface area contributed by atoms with Gasteiger partial charge in [0, 0.05) is 31.9 Å². The van der Waals surface area contributed by atoms with E-state index in [1.807, 2.05) is 50.5 Å². The van der Waals surface area contributed by atoms with Crippen molar-refractivity contribution < 1.29 is 4.74 Å². The summed E-state index contributed by atoms with van der Waals surface area (Å²) in [5.74, 6) is 2.63. The van der Waals surface area contributed by atoms with Crippen molar-refractivity contribution in [2.75, 3.05) is 24.6 Å². The third-order valence-electron chi connectivity index (χ3n) is 6.55. The molecule has 8 nitrogen and oxygen atoms in total. The summed E-state index contributed by atoms with van der Waals surface area (Å²) in [5, 5.41) is 17.5. The van der Waals surface area contributed by atoms with E-state index in [0.717, 1.165) is 66.3 Å². The Kier molecular flexibility index (Phi) is 6.09. The molecule has 0 bridgehead atoms.